The maximum absolute atomic E-state index is 8.59. The molecule has 0 heterocycles. The Morgan fingerprint density at radius 1 is 1.07 bits per heavy atom. The summed E-state index contributed by atoms with van der Waals surface area (Å²) in [5.74, 6) is 0. The Bertz CT molecular complexity index is 228. The highest BCUT2D eigenvalue weighted by Gasteiger charge is 2.51. The molecule has 0 aromatic heterocycles. The van der Waals surface area contributed by atoms with Crippen molar-refractivity contribution in [3.8, 4) is 6.07 Å². The summed E-state index contributed by atoms with van der Waals surface area (Å²) in [7, 11) is -1.87. The molecule has 0 unspecified atom stereocenters. The van der Waals surface area contributed by atoms with Gasteiger partial charge in [0, 0.05) is 6.42 Å². The van der Waals surface area contributed by atoms with E-state index in [0.717, 1.165) is 12.5 Å². The molecule has 0 bridgehead atoms. The zero-order valence-electron chi connectivity index (χ0n) is 10.9. The molecule has 0 saturated heterocycles. The van der Waals surface area contributed by atoms with Crippen molar-refractivity contribution in [3.05, 3.63) is 0 Å². The van der Waals surface area contributed by atoms with Crippen LogP contribution in [0.25, 0.3) is 0 Å². The van der Waals surface area contributed by atoms with Gasteiger partial charge >= 0.3 is 0 Å². The maximum atomic E-state index is 8.59. The molecule has 3 heteroatoms. The normalized spacial score (nSPS) is 13.7. The second-order valence-electron chi connectivity index (χ2n) is 6.31. The molecule has 0 amide bonds. The van der Waals surface area contributed by atoms with Crippen LogP contribution in [0.2, 0.25) is 16.1 Å². The highest BCUT2D eigenvalue weighted by atomic mass is 35.6. The van der Waals surface area contributed by atoms with Gasteiger partial charge in [0.15, 0.2) is 7.38 Å². The number of hydrogen-bond donors (Lipinski definition) is 0. The molecule has 0 spiro atoms. The minimum Gasteiger partial charge on any atom is -0.198 e. The van der Waals surface area contributed by atoms with Gasteiger partial charge in [-0.2, -0.15) is 16.3 Å². The van der Waals surface area contributed by atoms with E-state index in [1.54, 1.807) is 0 Å². The van der Waals surface area contributed by atoms with Crippen LogP contribution in [0, 0.1) is 11.3 Å². The summed E-state index contributed by atoms with van der Waals surface area (Å²) >= 11 is 6.96. The van der Waals surface area contributed by atoms with E-state index in [9.17, 15) is 0 Å². The molecule has 0 aromatic rings. The van der Waals surface area contributed by atoms with E-state index in [0.29, 0.717) is 6.42 Å². The smallest absolute Gasteiger partial charge is 0.167 e. The largest absolute Gasteiger partial charge is 0.198 e. The number of halogens is 1. The van der Waals surface area contributed by atoms with Gasteiger partial charge in [-0.15, -0.1) is 0 Å². The third kappa shape index (κ3) is 3.50. The van der Waals surface area contributed by atoms with Crippen molar-refractivity contribution in [2.45, 2.75) is 70.5 Å². The van der Waals surface area contributed by atoms with Crippen molar-refractivity contribution in [2.75, 3.05) is 0 Å². The first-order chi connectivity index (χ1) is 6.56. The van der Waals surface area contributed by atoms with E-state index in [1.807, 2.05) is 0 Å². The van der Waals surface area contributed by atoms with Gasteiger partial charge in [0.2, 0.25) is 0 Å². The van der Waals surface area contributed by atoms with Gasteiger partial charge < -0.3 is 0 Å². The molecule has 88 valence electrons. The second kappa shape index (κ2) is 4.89. The standard InChI is InChI=1S/C12H24ClNSi/c1-11(2,3)15(13,12(4,5)6)10-8-7-9-14/h7-8,10H2,1-6H3. The van der Waals surface area contributed by atoms with E-state index < -0.39 is 7.38 Å². The fraction of sp³-hybridized carbons (Fsp3) is 0.917. The van der Waals surface area contributed by atoms with Gasteiger partial charge in [0.05, 0.1) is 6.07 Å². The molecule has 0 aliphatic heterocycles. The van der Waals surface area contributed by atoms with E-state index in [4.69, 9.17) is 16.3 Å². The molecule has 0 aliphatic carbocycles. The van der Waals surface area contributed by atoms with Crippen LogP contribution in [0.5, 0.6) is 0 Å². The predicted molar refractivity (Wildman–Crippen MR) is 70.7 cm³/mol. The number of unbranched alkanes of at least 4 members (excludes halogenated alkanes) is 1. The number of nitrogens with zero attached hydrogens (tertiary/aromatic N) is 1. The molecule has 0 radical (unpaired) electrons. The highest BCUT2D eigenvalue weighted by molar-refractivity contribution is 7.23. The average Bonchev–Trinajstić information content (AvgIpc) is 2.00. The van der Waals surface area contributed by atoms with Crippen LogP contribution >= 0.6 is 11.1 Å². The summed E-state index contributed by atoms with van der Waals surface area (Å²) in [6.07, 6.45) is 1.58. The van der Waals surface area contributed by atoms with Crippen molar-refractivity contribution in [3.63, 3.8) is 0 Å². The van der Waals surface area contributed by atoms with Crippen molar-refractivity contribution in [2.24, 2.45) is 0 Å². The first-order valence-corrected chi connectivity index (χ1v) is 8.84. The lowest BCUT2D eigenvalue weighted by molar-refractivity contribution is 0.621. The van der Waals surface area contributed by atoms with E-state index in [-0.39, 0.29) is 10.1 Å². The molecule has 0 rings (SSSR count). The Morgan fingerprint density at radius 3 is 1.73 bits per heavy atom. The van der Waals surface area contributed by atoms with Gasteiger partial charge in [-0.3, -0.25) is 0 Å². The minimum atomic E-state index is -1.87. The Balaban J connectivity index is 4.83. The monoisotopic (exact) mass is 245 g/mol. The first-order valence-electron chi connectivity index (χ1n) is 5.62. The van der Waals surface area contributed by atoms with Crippen molar-refractivity contribution >= 4 is 18.5 Å². The van der Waals surface area contributed by atoms with Crippen LogP contribution in [0.1, 0.15) is 54.4 Å². The van der Waals surface area contributed by atoms with Gasteiger partial charge in [-0.25, -0.2) is 0 Å². The molecular weight excluding hydrogens is 222 g/mol. The predicted octanol–water partition coefficient (Wildman–Crippen LogP) is 5.07. The van der Waals surface area contributed by atoms with Crippen LogP contribution in [0.15, 0.2) is 0 Å². The third-order valence-corrected chi connectivity index (χ3v) is 13.0. The van der Waals surface area contributed by atoms with Crippen LogP contribution in [0.3, 0.4) is 0 Å². The lowest BCUT2D eigenvalue weighted by Gasteiger charge is -2.47. The van der Waals surface area contributed by atoms with Crippen LogP contribution < -0.4 is 0 Å². The molecular formula is C12H24ClNSi. The van der Waals surface area contributed by atoms with Gasteiger partial charge in [-0.05, 0) is 22.5 Å². The van der Waals surface area contributed by atoms with Crippen molar-refractivity contribution in [1.82, 2.24) is 0 Å². The highest BCUT2D eigenvalue weighted by Crippen LogP contribution is 2.56. The third-order valence-electron chi connectivity index (χ3n) is 3.19. The van der Waals surface area contributed by atoms with Crippen molar-refractivity contribution in [1.29, 1.82) is 5.26 Å². The molecule has 0 aromatic carbocycles. The fourth-order valence-corrected chi connectivity index (χ4v) is 7.10. The molecule has 0 fully saturated rings. The summed E-state index contributed by atoms with van der Waals surface area (Å²) < 4.78 is 0. The molecule has 0 aliphatic rings. The average molecular weight is 246 g/mol. The lowest BCUT2D eigenvalue weighted by atomic mass is 10.2. The van der Waals surface area contributed by atoms with E-state index >= 15 is 0 Å². The molecule has 15 heavy (non-hydrogen) atoms. The van der Waals surface area contributed by atoms with E-state index in [2.05, 4.69) is 47.6 Å². The molecule has 0 atom stereocenters. The summed E-state index contributed by atoms with van der Waals surface area (Å²) in [6.45, 7) is 13.4. The minimum absolute atomic E-state index is 0.183. The summed E-state index contributed by atoms with van der Waals surface area (Å²) in [6, 6.07) is 3.24. The Hall–Kier alpha value is -0.00312. The zero-order chi connectivity index (χ0) is 12.3. The first kappa shape index (κ1) is 15.0. The maximum Gasteiger partial charge on any atom is 0.167 e. The second-order valence-corrected chi connectivity index (χ2v) is 13.4. The topological polar surface area (TPSA) is 23.8 Å². The Kier molecular flexibility index (Phi) is 4.89. The Labute approximate surface area is 101 Å². The SMILES string of the molecule is CC(C)(C)[Si](Cl)(CCCC#N)C(C)(C)C. The molecule has 0 N–H and O–H groups in total. The summed E-state index contributed by atoms with van der Waals surface area (Å²) in [5.41, 5.74) is 0. The van der Waals surface area contributed by atoms with E-state index in [1.165, 1.54) is 0 Å². The zero-order valence-corrected chi connectivity index (χ0v) is 12.7. The lowest BCUT2D eigenvalue weighted by Crippen LogP contribution is -2.46. The number of nitriles is 1. The molecule has 1 nitrogen and oxygen atoms in total. The summed E-state index contributed by atoms with van der Waals surface area (Å²) in [5, 5.41) is 8.96. The Morgan fingerprint density at radius 2 is 1.47 bits per heavy atom. The fourth-order valence-electron chi connectivity index (χ4n) is 2.29. The van der Waals surface area contributed by atoms with Gasteiger partial charge in [-0.1, -0.05) is 41.5 Å². The quantitative estimate of drug-likeness (QED) is 0.387. The van der Waals surface area contributed by atoms with Gasteiger partial charge in [0.25, 0.3) is 0 Å². The number of rotatable bonds is 3. The molecule has 0 saturated carbocycles. The van der Waals surface area contributed by atoms with Crippen LogP contribution in [-0.2, 0) is 0 Å². The van der Waals surface area contributed by atoms with Crippen molar-refractivity contribution < 1.29 is 0 Å². The van der Waals surface area contributed by atoms with Crippen LogP contribution in [0.4, 0.5) is 0 Å². The van der Waals surface area contributed by atoms with Crippen LogP contribution in [-0.4, -0.2) is 7.38 Å². The van der Waals surface area contributed by atoms with Gasteiger partial charge in [0.1, 0.15) is 0 Å². The summed E-state index contributed by atoms with van der Waals surface area (Å²) in [4.78, 5) is 0. The number of hydrogen-bond acceptors (Lipinski definition) is 1.